The lowest BCUT2D eigenvalue weighted by atomic mass is 9.77. The summed E-state index contributed by atoms with van der Waals surface area (Å²) in [5.41, 5.74) is 3.74. The van der Waals surface area contributed by atoms with E-state index in [-0.39, 0.29) is 23.5 Å². The normalized spacial score (nSPS) is 18.9. The number of pyridine rings is 1. The maximum atomic E-state index is 11.8. The number of carbonyl (C=O) groups excluding carboxylic acids is 1. The highest BCUT2D eigenvalue weighted by atomic mass is 32.1. The van der Waals surface area contributed by atoms with Crippen molar-refractivity contribution in [3.63, 3.8) is 0 Å². The third-order valence-corrected chi connectivity index (χ3v) is 5.05. The highest BCUT2D eigenvalue weighted by Gasteiger charge is 2.35. The van der Waals surface area contributed by atoms with Crippen molar-refractivity contribution in [3.05, 3.63) is 57.7 Å². The number of carbonyl (C=O) groups is 1. The minimum absolute atomic E-state index is 0.0711. The largest absolute Gasteiger partial charge is 0.514 e. The Kier molecular flexibility index (Phi) is 4.21. The molecule has 0 atom stereocenters. The molecule has 0 saturated heterocycles. The van der Waals surface area contributed by atoms with E-state index in [0.717, 1.165) is 15.9 Å². The van der Waals surface area contributed by atoms with Gasteiger partial charge in [-0.25, -0.2) is 14.8 Å². The molecule has 0 spiro atoms. The predicted octanol–water partition coefficient (Wildman–Crippen LogP) is 4.06. The van der Waals surface area contributed by atoms with Gasteiger partial charge in [-0.05, 0) is 42.5 Å². The molecule has 1 aliphatic rings. The topological polar surface area (TPSA) is 104 Å². The molecular formula is C17H13N3O5S. The molecule has 0 unspecified atom stereocenters. The molecule has 2 heterocycles. The predicted molar refractivity (Wildman–Crippen MR) is 93.4 cm³/mol. The maximum absolute atomic E-state index is 11.8. The number of hydrogen-bond acceptors (Lipinski definition) is 8. The van der Waals surface area contributed by atoms with E-state index in [1.165, 1.54) is 35.6 Å². The third kappa shape index (κ3) is 3.21. The summed E-state index contributed by atoms with van der Waals surface area (Å²) in [5.74, 6) is 0.481. The quantitative estimate of drug-likeness (QED) is 0.295. The van der Waals surface area contributed by atoms with Crippen LogP contribution < -0.4 is 4.74 Å². The fraction of sp³-hybridized carbons (Fsp3) is 0.235. The van der Waals surface area contributed by atoms with Gasteiger partial charge < -0.3 is 9.47 Å². The Morgan fingerprint density at radius 1 is 1.19 bits per heavy atom. The van der Waals surface area contributed by atoms with E-state index in [0.29, 0.717) is 12.8 Å². The van der Waals surface area contributed by atoms with Gasteiger partial charge in [-0.2, -0.15) is 0 Å². The van der Waals surface area contributed by atoms with Gasteiger partial charge in [0.05, 0.1) is 10.4 Å². The van der Waals surface area contributed by atoms with Crippen molar-refractivity contribution in [2.45, 2.75) is 24.9 Å². The summed E-state index contributed by atoms with van der Waals surface area (Å²) in [6.07, 6.45) is 2.15. The van der Waals surface area contributed by atoms with Crippen LogP contribution in [0.2, 0.25) is 0 Å². The zero-order valence-electron chi connectivity index (χ0n) is 13.4. The lowest BCUT2D eigenvalue weighted by Crippen LogP contribution is -2.33. The zero-order valence-corrected chi connectivity index (χ0v) is 14.2. The number of nitro groups is 1. The molecule has 1 aliphatic carbocycles. The van der Waals surface area contributed by atoms with Crippen LogP contribution in [-0.4, -0.2) is 27.2 Å². The lowest BCUT2D eigenvalue weighted by molar-refractivity contribution is -0.384. The van der Waals surface area contributed by atoms with E-state index in [1.807, 2.05) is 6.07 Å². The minimum Gasteiger partial charge on any atom is -0.431 e. The molecule has 4 rings (SSSR count). The molecular weight excluding hydrogens is 358 g/mol. The van der Waals surface area contributed by atoms with Crippen LogP contribution in [0.4, 0.5) is 10.5 Å². The van der Waals surface area contributed by atoms with Gasteiger partial charge in [-0.3, -0.25) is 10.1 Å². The number of benzene rings is 1. The molecule has 132 valence electrons. The van der Waals surface area contributed by atoms with Gasteiger partial charge in [0.2, 0.25) is 0 Å². The summed E-state index contributed by atoms with van der Waals surface area (Å²) in [4.78, 5) is 31.5. The Morgan fingerprint density at radius 2 is 1.96 bits per heavy atom. The van der Waals surface area contributed by atoms with Crippen LogP contribution in [0, 0.1) is 10.1 Å². The minimum atomic E-state index is -0.809. The summed E-state index contributed by atoms with van der Waals surface area (Å²) in [7, 11) is 0. The first-order chi connectivity index (χ1) is 12.6. The Balaban J connectivity index is 1.31. The van der Waals surface area contributed by atoms with Gasteiger partial charge in [0.25, 0.3) is 5.69 Å². The van der Waals surface area contributed by atoms with Crippen molar-refractivity contribution in [1.29, 1.82) is 0 Å². The summed E-state index contributed by atoms with van der Waals surface area (Å²) >= 11 is 1.50. The van der Waals surface area contributed by atoms with Crippen LogP contribution in [0.15, 0.2) is 42.0 Å². The summed E-state index contributed by atoms with van der Waals surface area (Å²) in [6.45, 7) is 0. The summed E-state index contributed by atoms with van der Waals surface area (Å²) < 4.78 is 10.3. The number of hydrogen-bond donors (Lipinski definition) is 0. The van der Waals surface area contributed by atoms with Crippen LogP contribution in [0.3, 0.4) is 0 Å². The molecule has 9 heteroatoms. The van der Waals surface area contributed by atoms with E-state index < -0.39 is 11.1 Å². The highest BCUT2D eigenvalue weighted by molar-refractivity contribution is 7.16. The molecule has 0 radical (unpaired) electrons. The first-order valence-electron chi connectivity index (χ1n) is 7.91. The van der Waals surface area contributed by atoms with Crippen LogP contribution in [0.25, 0.3) is 10.3 Å². The molecule has 1 aromatic carbocycles. The van der Waals surface area contributed by atoms with Gasteiger partial charge in [0.1, 0.15) is 22.2 Å². The number of fused-ring (bicyclic) bond motifs is 1. The molecule has 2 aromatic heterocycles. The number of ether oxygens (including phenoxy) is 2. The van der Waals surface area contributed by atoms with Crippen molar-refractivity contribution in [2.75, 3.05) is 0 Å². The number of thiazole rings is 1. The molecule has 8 nitrogen and oxygen atoms in total. The number of non-ortho nitro benzene ring substituents is 1. The van der Waals surface area contributed by atoms with Gasteiger partial charge >= 0.3 is 6.16 Å². The fourth-order valence-electron chi connectivity index (χ4n) is 2.93. The Labute approximate surface area is 151 Å². The van der Waals surface area contributed by atoms with Crippen molar-refractivity contribution in [2.24, 2.45) is 0 Å². The number of nitro benzene ring substituents is 1. The molecule has 3 aromatic rings. The van der Waals surface area contributed by atoms with Crippen molar-refractivity contribution >= 4 is 33.5 Å². The van der Waals surface area contributed by atoms with Crippen molar-refractivity contribution in [3.8, 4) is 5.75 Å². The van der Waals surface area contributed by atoms with E-state index in [4.69, 9.17) is 9.47 Å². The maximum Gasteiger partial charge on any atom is 0.514 e. The lowest BCUT2D eigenvalue weighted by Gasteiger charge is -2.34. The van der Waals surface area contributed by atoms with E-state index in [1.54, 1.807) is 11.7 Å². The Hall–Kier alpha value is -3.07. The number of rotatable bonds is 4. The zero-order chi connectivity index (χ0) is 18.1. The fourth-order valence-corrected chi connectivity index (χ4v) is 3.59. The SMILES string of the molecule is O=C(Oc1ccc([N+](=O)[O-])cc1)OC1CC(c2ccnc3scnc23)C1. The first-order valence-corrected chi connectivity index (χ1v) is 8.79. The Morgan fingerprint density at radius 3 is 2.69 bits per heavy atom. The summed E-state index contributed by atoms with van der Waals surface area (Å²) in [5, 5.41) is 10.6. The van der Waals surface area contributed by atoms with Crippen molar-refractivity contribution in [1.82, 2.24) is 9.97 Å². The monoisotopic (exact) mass is 371 g/mol. The second kappa shape index (κ2) is 6.68. The molecule has 1 saturated carbocycles. The van der Waals surface area contributed by atoms with E-state index in [9.17, 15) is 14.9 Å². The van der Waals surface area contributed by atoms with Crippen molar-refractivity contribution < 1.29 is 19.2 Å². The van der Waals surface area contributed by atoms with Gasteiger partial charge in [0.15, 0.2) is 0 Å². The van der Waals surface area contributed by atoms with E-state index in [2.05, 4.69) is 9.97 Å². The second-order valence-corrected chi connectivity index (χ2v) is 6.75. The summed E-state index contributed by atoms with van der Waals surface area (Å²) in [6, 6.07) is 7.21. The Bertz CT molecular complexity index is 966. The molecule has 0 bridgehead atoms. The van der Waals surface area contributed by atoms with Crippen LogP contribution in [0.5, 0.6) is 5.75 Å². The molecule has 0 amide bonds. The van der Waals surface area contributed by atoms with Crippen LogP contribution >= 0.6 is 11.3 Å². The van der Waals surface area contributed by atoms with Gasteiger partial charge in [-0.15, -0.1) is 11.3 Å². The number of nitrogens with zero attached hydrogens (tertiary/aromatic N) is 3. The molecule has 0 N–H and O–H groups in total. The standard InChI is InChI=1S/C17H13N3O5S/c21-17(24-12-3-1-11(2-4-12)20(22)23)25-13-7-10(8-13)14-5-6-18-16-15(14)19-9-26-16/h1-6,9-10,13H,7-8H2. The van der Waals surface area contributed by atoms with Crippen LogP contribution in [0.1, 0.15) is 24.3 Å². The van der Waals surface area contributed by atoms with Gasteiger partial charge in [0, 0.05) is 18.3 Å². The average Bonchev–Trinajstić information content (AvgIpc) is 3.07. The smallest absolute Gasteiger partial charge is 0.431 e. The molecule has 0 aliphatic heterocycles. The van der Waals surface area contributed by atoms with E-state index >= 15 is 0 Å². The molecule has 26 heavy (non-hydrogen) atoms. The first kappa shape index (κ1) is 16.4. The molecule has 1 fully saturated rings. The highest BCUT2D eigenvalue weighted by Crippen LogP contribution is 2.41. The second-order valence-electron chi connectivity index (χ2n) is 5.92. The average molecular weight is 371 g/mol. The number of aromatic nitrogens is 2. The third-order valence-electron chi connectivity index (χ3n) is 4.31. The van der Waals surface area contributed by atoms with Gasteiger partial charge in [-0.1, -0.05) is 0 Å². The van der Waals surface area contributed by atoms with Crippen LogP contribution in [-0.2, 0) is 4.74 Å².